The number of ether oxygens (including phenoxy) is 1. The molecule has 1 aromatic rings. The summed E-state index contributed by atoms with van der Waals surface area (Å²) in [6.07, 6.45) is 2.09. The molecule has 0 bridgehead atoms. The van der Waals surface area contributed by atoms with Gasteiger partial charge in [-0.2, -0.15) is 0 Å². The molecule has 0 aliphatic heterocycles. The number of nitrogens with one attached hydrogen (secondary N) is 2. The SMILES string of the molecule is CCNC(C)c1cc(F)ccc1OCC(=O)NC1CC1. The third kappa shape index (κ3) is 4.20. The van der Waals surface area contributed by atoms with Crippen molar-refractivity contribution in [1.29, 1.82) is 0 Å². The molecule has 4 nitrogen and oxygen atoms in total. The summed E-state index contributed by atoms with van der Waals surface area (Å²) >= 11 is 0. The highest BCUT2D eigenvalue weighted by atomic mass is 19.1. The van der Waals surface area contributed by atoms with Gasteiger partial charge in [-0.05, 0) is 44.5 Å². The van der Waals surface area contributed by atoms with Crippen molar-refractivity contribution in [2.24, 2.45) is 0 Å². The zero-order valence-electron chi connectivity index (χ0n) is 11.9. The Hall–Kier alpha value is -1.62. The van der Waals surface area contributed by atoms with Gasteiger partial charge in [0.15, 0.2) is 6.61 Å². The molecule has 0 heterocycles. The topological polar surface area (TPSA) is 50.4 Å². The van der Waals surface area contributed by atoms with Crippen LogP contribution in [0.15, 0.2) is 18.2 Å². The van der Waals surface area contributed by atoms with Crippen molar-refractivity contribution >= 4 is 5.91 Å². The number of carbonyl (C=O) groups is 1. The fourth-order valence-electron chi connectivity index (χ4n) is 2.05. The zero-order valence-corrected chi connectivity index (χ0v) is 11.9. The van der Waals surface area contributed by atoms with E-state index in [1.54, 1.807) is 6.07 Å². The van der Waals surface area contributed by atoms with E-state index in [4.69, 9.17) is 4.74 Å². The van der Waals surface area contributed by atoms with Crippen LogP contribution < -0.4 is 15.4 Å². The molecule has 0 aromatic heterocycles. The van der Waals surface area contributed by atoms with Gasteiger partial charge < -0.3 is 15.4 Å². The Morgan fingerprint density at radius 1 is 1.50 bits per heavy atom. The molecule has 1 aliphatic carbocycles. The Morgan fingerprint density at radius 2 is 2.25 bits per heavy atom. The van der Waals surface area contributed by atoms with Crippen molar-refractivity contribution in [3.05, 3.63) is 29.6 Å². The summed E-state index contributed by atoms with van der Waals surface area (Å²) in [6.45, 7) is 4.67. The van der Waals surface area contributed by atoms with Crippen molar-refractivity contribution < 1.29 is 13.9 Å². The van der Waals surface area contributed by atoms with Crippen LogP contribution in [0.4, 0.5) is 4.39 Å². The molecular formula is C15H21FN2O2. The van der Waals surface area contributed by atoms with Gasteiger partial charge in [-0.25, -0.2) is 4.39 Å². The van der Waals surface area contributed by atoms with Crippen molar-refractivity contribution in [2.45, 2.75) is 38.8 Å². The zero-order chi connectivity index (χ0) is 14.5. The van der Waals surface area contributed by atoms with E-state index in [0.717, 1.165) is 24.9 Å². The minimum atomic E-state index is -0.306. The molecule has 1 saturated carbocycles. The van der Waals surface area contributed by atoms with Gasteiger partial charge in [0.25, 0.3) is 5.91 Å². The molecule has 5 heteroatoms. The van der Waals surface area contributed by atoms with Crippen LogP contribution in [0.3, 0.4) is 0 Å². The summed E-state index contributed by atoms with van der Waals surface area (Å²) in [5.74, 6) is 0.115. The van der Waals surface area contributed by atoms with Crippen molar-refractivity contribution in [1.82, 2.24) is 10.6 Å². The van der Waals surface area contributed by atoms with Crippen LogP contribution in [-0.4, -0.2) is 25.1 Å². The van der Waals surface area contributed by atoms with Gasteiger partial charge in [0.1, 0.15) is 11.6 Å². The first kappa shape index (κ1) is 14.8. The lowest BCUT2D eigenvalue weighted by Gasteiger charge is -2.17. The van der Waals surface area contributed by atoms with Gasteiger partial charge in [0, 0.05) is 17.6 Å². The molecule has 1 unspecified atom stereocenters. The standard InChI is InChI=1S/C15H21FN2O2/c1-3-17-10(2)13-8-11(16)4-7-14(13)20-9-15(19)18-12-5-6-12/h4,7-8,10,12,17H,3,5-6,9H2,1-2H3,(H,18,19). The number of rotatable bonds is 7. The number of hydrogen-bond donors (Lipinski definition) is 2. The van der Waals surface area contributed by atoms with Gasteiger partial charge in [-0.15, -0.1) is 0 Å². The Morgan fingerprint density at radius 3 is 2.90 bits per heavy atom. The van der Waals surface area contributed by atoms with Crippen molar-refractivity contribution in [3.63, 3.8) is 0 Å². The average molecular weight is 280 g/mol. The lowest BCUT2D eigenvalue weighted by molar-refractivity contribution is -0.123. The summed E-state index contributed by atoms with van der Waals surface area (Å²) in [5, 5.41) is 6.07. The molecule has 2 N–H and O–H groups in total. The van der Waals surface area contributed by atoms with Crippen molar-refractivity contribution in [3.8, 4) is 5.75 Å². The van der Waals surface area contributed by atoms with Gasteiger partial charge in [0.2, 0.25) is 0 Å². The van der Waals surface area contributed by atoms with E-state index in [-0.39, 0.29) is 24.4 Å². The van der Waals surface area contributed by atoms with Crippen LogP contribution >= 0.6 is 0 Å². The first-order valence-electron chi connectivity index (χ1n) is 7.05. The summed E-state index contributed by atoms with van der Waals surface area (Å²) < 4.78 is 18.9. The van der Waals surface area contributed by atoms with E-state index >= 15 is 0 Å². The first-order chi connectivity index (χ1) is 9.60. The van der Waals surface area contributed by atoms with Gasteiger partial charge in [0.05, 0.1) is 0 Å². The number of carbonyl (C=O) groups excluding carboxylic acids is 1. The Kier molecular flexibility index (Phi) is 4.95. The van der Waals surface area contributed by atoms with E-state index in [9.17, 15) is 9.18 Å². The lowest BCUT2D eigenvalue weighted by Crippen LogP contribution is -2.30. The number of benzene rings is 1. The molecule has 0 spiro atoms. The molecule has 0 radical (unpaired) electrons. The Labute approximate surface area is 118 Å². The predicted molar refractivity (Wildman–Crippen MR) is 75.2 cm³/mol. The average Bonchev–Trinajstić information content (AvgIpc) is 3.21. The molecule has 1 aromatic carbocycles. The van der Waals surface area contributed by atoms with Crippen LogP contribution in [0.1, 0.15) is 38.3 Å². The minimum Gasteiger partial charge on any atom is -0.483 e. The summed E-state index contributed by atoms with van der Waals surface area (Å²) in [4.78, 5) is 11.6. The molecule has 1 atom stereocenters. The van der Waals surface area contributed by atoms with Crippen LogP contribution in [0.25, 0.3) is 0 Å². The number of halogens is 1. The van der Waals surface area contributed by atoms with Gasteiger partial charge in [-0.3, -0.25) is 4.79 Å². The fourth-order valence-corrected chi connectivity index (χ4v) is 2.05. The van der Waals surface area contributed by atoms with Gasteiger partial charge in [-0.1, -0.05) is 6.92 Å². The molecule has 0 saturated heterocycles. The molecule has 1 fully saturated rings. The summed E-state index contributed by atoms with van der Waals surface area (Å²) in [6, 6.07) is 4.65. The van der Waals surface area contributed by atoms with Crippen LogP contribution in [-0.2, 0) is 4.79 Å². The fraction of sp³-hybridized carbons (Fsp3) is 0.533. The Balaban J connectivity index is 1.99. The normalized spacial score (nSPS) is 15.8. The van der Waals surface area contributed by atoms with E-state index in [0.29, 0.717) is 11.8 Å². The van der Waals surface area contributed by atoms with E-state index in [2.05, 4.69) is 10.6 Å². The number of hydrogen-bond acceptors (Lipinski definition) is 3. The van der Waals surface area contributed by atoms with Gasteiger partial charge >= 0.3 is 0 Å². The maximum atomic E-state index is 13.4. The maximum absolute atomic E-state index is 13.4. The second kappa shape index (κ2) is 6.70. The molecule has 1 aliphatic rings. The molecule has 110 valence electrons. The molecular weight excluding hydrogens is 259 g/mol. The highest BCUT2D eigenvalue weighted by Gasteiger charge is 2.23. The lowest BCUT2D eigenvalue weighted by atomic mass is 10.1. The first-order valence-corrected chi connectivity index (χ1v) is 7.05. The monoisotopic (exact) mass is 280 g/mol. The predicted octanol–water partition coefficient (Wildman–Crippen LogP) is 2.15. The van der Waals surface area contributed by atoms with Crippen LogP contribution in [0.5, 0.6) is 5.75 Å². The highest BCUT2D eigenvalue weighted by Crippen LogP contribution is 2.26. The maximum Gasteiger partial charge on any atom is 0.258 e. The third-order valence-electron chi connectivity index (χ3n) is 3.25. The second-order valence-electron chi connectivity index (χ2n) is 5.09. The largest absolute Gasteiger partial charge is 0.483 e. The smallest absolute Gasteiger partial charge is 0.258 e. The highest BCUT2D eigenvalue weighted by molar-refractivity contribution is 5.78. The summed E-state index contributed by atoms with van der Waals surface area (Å²) in [7, 11) is 0. The third-order valence-corrected chi connectivity index (χ3v) is 3.25. The van der Waals surface area contributed by atoms with Crippen LogP contribution in [0.2, 0.25) is 0 Å². The van der Waals surface area contributed by atoms with Crippen molar-refractivity contribution in [2.75, 3.05) is 13.2 Å². The van der Waals surface area contributed by atoms with E-state index in [1.165, 1.54) is 12.1 Å². The molecule has 2 rings (SSSR count). The Bertz CT molecular complexity index is 475. The van der Waals surface area contributed by atoms with Crippen LogP contribution in [0, 0.1) is 5.82 Å². The quantitative estimate of drug-likeness (QED) is 0.804. The molecule has 1 amide bonds. The summed E-state index contributed by atoms with van der Waals surface area (Å²) in [5.41, 5.74) is 0.728. The minimum absolute atomic E-state index is 0.0304. The van der Waals surface area contributed by atoms with E-state index < -0.39 is 0 Å². The van der Waals surface area contributed by atoms with E-state index in [1.807, 2.05) is 13.8 Å². The number of amides is 1. The second-order valence-corrected chi connectivity index (χ2v) is 5.09. The molecule has 20 heavy (non-hydrogen) atoms.